The van der Waals surface area contributed by atoms with Crippen molar-refractivity contribution in [1.29, 1.82) is 0 Å². The van der Waals surface area contributed by atoms with Crippen LogP contribution in [0.3, 0.4) is 0 Å². The van der Waals surface area contributed by atoms with E-state index in [9.17, 15) is 14.7 Å². The third-order valence-electron chi connectivity index (χ3n) is 2.82. The highest BCUT2D eigenvalue weighted by molar-refractivity contribution is 9.10. The van der Waals surface area contributed by atoms with Gasteiger partial charge in [-0.15, -0.1) is 0 Å². The van der Waals surface area contributed by atoms with Crippen LogP contribution in [0.4, 0.5) is 0 Å². The van der Waals surface area contributed by atoms with Crippen LogP contribution in [-0.2, 0) is 0 Å². The molecule has 0 aromatic heterocycles. The lowest BCUT2D eigenvalue weighted by Crippen LogP contribution is -2.12. The van der Waals surface area contributed by atoms with Gasteiger partial charge in [-0.3, -0.25) is 9.59 Å². The Morgan fingerprint density at radius 2 is 1.90 bits per heavy atom. The molecule has 3 N–H and O–H groups in total. The predicted molar refractivity (Wildman–Crippen MR) is 84.1 cm³/mol. The fourth-order valence-corrected chi connectivity index (χ4v) is 2.18. The number of hydrogen-bond acceptors (Lipinski definition) is 3. The van der Waals surface area contributed by atoms with Gasteiger partial charge in [-0.25, -0.2) is 0 Å². The van der Waals surface area contributed by atoms with Crippen molar-refractivity contribution in [3.05, 3.63) is 69.7 Å². The van der Waals surface area contributed by atoms with Crippen LogP contribution in [0.15, 0.2) is 53.0 Å². The number of amides is 1. The van der Waals surface area contributed by atoms with Gasteiger partial charge in [-0.1, -0.05) is 34.1 Å². The molecule has 21 heavy (non-hydrogen) atoms. The van der Waals surface area contributed by atoms with Gasteiger partial charge in [0.25, 0.3) is 5.91 Å². The molecule has 0 heterocycles. The number of halogens is 1. The second-order valence-electron chi connectivity index (χ2n) is 4.35. The molecule has 0 aliphatic rings. The van der Waals surface area contributed by atoms with E-state index in [2.05, 4.69) is 15.9 Å². The van der Waals surface area contributed by atoms with Crippen LogP contribution in [0, 0.1) is 0 Å². The van der Waals surface area contributed by atoms with Crippen molar-refractivity contribution in [3.63, 3.8) is 0 Å². The van der Waals surface area contributed by atoms with Gasteiger partial charge in [0, 0.05) is 10.0 Å². The molecule has 0 radical (unpaired) electrons. The Labute approximate surface area is 130 Å². The van der Waals surface area contributed by atoms with E-state index >= 15 is 0 Å². The number of rotatable bonds is 4. The van der Waals surface area contributed by atoms with Crippen LogP contribution in [0.1, 0.15) is 26.3 Å². The Morgan fingerprint density at radius 3 is 2.57 bits per heavy atom. The molecule has 0 aliphatic carbocycles. The van der Waals surface area contributed by atoms with E-state index in [1.807, 2.05) is 24.3 Å². The number of primary amides is 1. The van der Waals surface area contributed by atoms with Crippen molar-refractivity contribution in [2.75, 3.05) is 0 Å². The lowest BCUT2D eigenvalue weighted by molar-refractivity contribution is 0.0997. The second-order valence-corrected chi connectivity index (χ2v) is 5.26. The first-order valence-electron chi connectivity index (χ1n) is 6.08. The molecule has 106 valence electrons. The summed E-state index contributed by atoms with van der Waals surface area (Å²) >= 11 is 3.35. The average molecular weight is 346 g/mol. The van der Waals surface area contributed by atoms with Gasteiger partial charge in [-0.05, 0) is 42.0 Å². The van der Waals surface area contributed by atoms with Crippen molar-refractivity contribution in [1.82, 2.24) is 0 Å². The van der Waals surface area contributed by atoms with Gasteiger partial charge in [-0.2, -0.15) is 0 Å². The first-order valence-corrected chi connectivity index (χ1v) is 6.87. The highest BCUT2D eigenvalue weighted by Crippen LogP contribution is 2.19. The molecule has 2 aromatic carbocycles. The van der Waals surface area contributed by atoms with Crippen molar-refractivity contribution in [2.45, 2.75) is 0 Å². The number of allylic oxidation sites excluding steroid dienone is 1. The molecule has 0 unspecified atom stereocenters. The summed E-state index contributed by atoms with van der Waals surface area (Å²) in [6.07, 6.45) is 3.07. The third-order valence-corrected chi connectivity index (χ3v) is 3.32. The van der Waals surface area contributed by atoms with E-state index in [1.54, 1.807) is 6.08 Å². The summed E-state index contributed by atoms with van der Waals surface area (Å²) in [5.74, 6) is -1.30. The summed E-state index contributed by atoms with van der Waals surface area (Å²) in [7, 11) is 0. The Kier molecular flexibility index (Phi) is 4.55. The van der Waals surface area contributed by atoms with Gasteiger partial charge in [0.2, 0.25) is 0 Å². The maximum absolute atomic E-state index is 12.1. The molecule has 0 saturated carbocycles. The average Bonchev–Trinajstić information content (AvgIpc) is 2.45. The van der Waals surface area contributed by atoms with Crippen LogP contribution in [0.2, 0.25) is 0 Å². The number of carbonyl (C=O) groups excluding carboxylic acids is 2. The van der Waals surface area contributed by atoms with E-state index < -0.39 is 5.91 Å². The predicted octanol–water partition coefficient (Wildman–Crippen LogP) is 3.15. The molecule has 0 saturated heterocycles. The smallest absolute Gasteiger partial charge is 0.252 e. The van der Waals surface area contributed by atoms with Crippen LogP contribution >= 0.6 is 15.9 Å². The first-order chi connectivity index (χ1) is 9.97. The van der Waals surface area contributed by atoms with Gasteiger partial charge in [0.05, 0.1) is 5.56 Å². The van der Waals surface area contributed by atoms with Gasteiger partial charge < -0.3 is 10.8 Å². The standard InChI is InChI=1S/C16H12BrNO3/c17-12-3-1-2-10(8-12)4-6-14(19)11-5-7-15(20)13(9-11)16(18)21/h1-9,20H,(H2,18,21). The quantitative estimate of drug-likeness (QED) is 0.659. The van der Waals surface area contributed by atoms with Crippen LogP contribution in [-0.4, -0.2) is 16.8 Å². The molecule has 0 fully saturated rings. The van der Waals surface area contributed by atoms with Gasteiger partial charge in [0.1, 0.15) is 5.75 Å². The monoisotopic (exact) mass is 345 g/mol. The van der Waals surface area contributed by atoms with Gasteiger partial charge >= 0.3 is 0 Å². The van der Waals surface area contributed by atoms with Crippen molar-refractivity contribution in [2.24, 2.45) is 5.73 Å². The number of aromatic hydroxyl groups is 1. The first kappa shape index (κ1) is 15.0. The van der Waals surface area contributed by atoms with Gasteiger partial charge in [0.15, 0.2) is 5.78 Å². The molecule has 2 aromatic rings. The zero-order valence-corrected chi connectivity index (χ0v) is 12.5. The SMILES string of the molecule is NC(=O)c1cc(C(=O)C=Cc2cccc(Br)c2)ccc1O. The van der Waals surface area contributed by atoms with Crippen molar-refractivity contribution >= 4 is 33.7 Å². The van der Waals surface area contributed by atoms with E-state index in [1.165, 1.54) is 24.3 Å². The molecule has 0 spiro atoms. The lowest BCUT2D eigenvalue weighted by Gasteiger charge is -2.02. The highest BCUT2D eigenvalue weighted by Gasteiger charge is 2.11. The Hall–Kier alpha value is -2.40. The molecular formula is C16H12BrNO3. The molecular weight excluding hydrogens is 334 g/mol. The molecule has 0 atom stereocenters. The summed E-state index contributed by atoms with van der Waals surface area (Å²) in [6.45, 7) is 0. The Bertz CT molecular complexity index is 738. The minimum absolute atomic E-state index is 0.0725. The van der Waals surface area contributed by atoms with E-state index in [0.29, 0.717) is 0 Å². The summed E-state index contributed by atoms with van der Waals surface area (Å²) < 4.78 is 0.915. The second kappa shape index (κ2) is 6.37. The topological polar surface area (TPSA) is 80.4 Å². The fourth-order valence-electron chi connectivity index (χ4n) is 1.77. The molecule has 0 aliphatic heterocycles. The summed E-state index contributed by atoms with van der Waals surface area (Å²) in [5.41, 5.74) is 6.21. The van der Waals surface area contributed by atoms with E-state index in [4.69, 9.17) is 5.73 Å². The van der Waals surface area contributed by atoms with E-state index in [0.717, 1.165) is 10.0 Å². The number of phenols is 1. The maximum Gasteiger partial charge on any atom is 0.252 e. The minimum atomic E-state index is -0.780. The lowest BCUT2D eigenvalue weighted by atomic mass is 10.0. The molecule has 4 nitrogen and oxygen atoms in total. The normalized spacial score (nSPS) is 10.7. The number of nitrogens with two attached hydrogens (primary N) is 1. The zero-order chi connectivity index (χ0) is 15.4. The van der Waals surface area contributed by atoms with Crippen LogP contribution in [0.25, 0.3) is 6.08 Å². The van der Waals surface area contributed by atoms with Crippen molar-refractivity contribution in [3.8, 4) is 5.75 Å². The molecule has 2 rings (SSSR count). The summed E-state index contributed by atoms with van der Waals surface area (Å²) in [4.78, 5) is 23.2. The Balaban J connectivity index is 2.25. The van der Waals surface area contributed by atoms with Crippen LogP contribution in [0.5, 0.6) is 5.75 Å². The molecule has 0 bridgehead atoms. The number of ketones is 1. The largest absolute Gasteiger partial charge is 0.507 e. The summed E-state index contributed by atoms with van der Waals surface area (Å²) in [5, 5.41) is 9.49. The molecule has 5 heteroatoms. The summed E-state index contributed by atoms with van der Waals surface area (Å²) in [6, 6.07) is 11.5. The Morgan fingerprint density at radius 1 is 1.14 bits per heavy atom. The number of benzene rings is 2. The van der Waals surface area contributed by atoms with E-state index in [-0.39, 0.29) is 22.7 Å². The minimum Gasteiger partial charge on any atom is -0.507 e. The highest BCUT2D eigenvalue weighted by atomic mass is 79.9. The maximum atomic E-state index is 12.1. The van der Waals surface area contributed by atoms with Crippen molar-refractivity contribution < 1.29 is 14.7 Å². The zero-order valence-electron chi connectivity index (χ0n) is 10.9. The molecule has 1 amide bonds. The van der Waals surface area contributed by atoms with Crippen LogP contribution < -0.4 is 5.73 Å². The third kappa shape index (κ3) is 3.79. The fraction of sp³-hybridized carbons (Fsp3) is 0. The number of hydrogen-bond donors (Lipinski definition) is 2. The number of carbonyl (C=O) groups is 2.